The molecule has 0 radical (unpaired) electrons. The van der Waals surface area contributed by atoms with Crippen LogP contribution in [0.25, 0.3) is 0 Å². The smallest absolute Gasteiger partial charge is 0.290 e. The summed E-state index contributed by atoms with van der Waals surface area (Å²) in [5.41, 5.74) is 1.36. The highest BCUT2D eigenvalue weighted by Gasteiger charge is 2.45. The molecule has 1 aliphatic rings. The van der Waals surface area contributed by atoms with Crippen LogP contribution in [0.3, 0.4) is 0 Å². The molecular formula is C21H31N3O3. The van der Waals surface area contributed by atoms with Crippen molar-refractivity contribution in [3.63, 3.8) is 0 Å². The lowest BCUT2D eigenvalue weighted by atomic mass is 9.82. The van der Waals surface area contributed by atoms with Gasteiger partial charge in [-0.25, -0.2) is 0 Å². The van der Waals surface area contributed by atoms with E-state index in [0.29, 0.717) is 13.1 Å². The molecule has 148 valence electrons. The van der Waals surface area contributed by atoms with Gasteiger partial charge in [-0.2, -0.15) is 0 Å². The Bertz CT molecular complexity index is 743. The second-order valence-electron chi connectivity index (χ2n) is 8.53. The molecule has 1 unspecified atom stereocenters. The van der Waals surface area contributed by atoms with Crippen LogP contribution in [0.15, 0.2) is 35.6 Å². The van der Waals surface area contributed by atoms with Crippen molar-refractivity contribution in [1.29, 1.82) is 0 Å². The molecule has 0 saturated heterocycles. The Hall–Kier alpha value is -2.34. The van der Waals surface area contributed by atoms with E-state index in [2.05, 4.69) is 0 Å². The summed E-state index contributed by atoms with van der Waals surface area (Å²) in [6.07, 6.45) is 0. The van der Waals surface area contributed by atoms with Crippen molar-refractivity contribution >= 4 is 17.4 Å². The van der Waals surface area contributed by atoms with Crippen LogP contribution in [0, 0.1) is 5.41 Å². The number of anilines is 1. The van der Waals surface area contributed by atoms with Crippen molar-refractivity contribution in [2.45, 2.75) is 26.8 Å². The van der Waals surface area contributed by atoms with Crippen LogP contribution in [0.1, 0.15) is 32.4 Å². The Morgan fingerprint density at radius 1 is 1.11 bits per heavy atom. The molecule has 0 saturated carbocycles. The van der Waals surface area contributed by atoms with Crippen molar-refractivity contribution in [3.8, 4) is 0 Å². The van der Waals surface area contributed by atoms with E-state index in [1.807, 2.05) is 62.3 Å². The zero-order valence-electron chi connectivity index (χ0n) is 17.4. The molecule has 1 aromatic carbocycles. The lowest BCUT2D eigenvalue weighted by Crippen LogP contribution is -2.37. The second kappa shape index (κ2) is 7.72. The van der Waals surface area contributed by atoms with Crippen LogP contribution in [0.2, 0.25) is 0 Å². The number of benzene rings is 1. The van der Waals surface area contributed by atoms with Crippen molar-refractivity contribution in [3.05, 3.63) is 41.2 Å². The van der Waals surface area contributed by atoms with Gasteiger partial charge in [0, 0.05) is 38.3 Å². The number of aliphatic hydroxyl groups excluding tert-OH is 1. The molecule has 27 heavy (non-hydrogen) atoms. The minimum Gasteiger partial charge on any atom is -0.503 e. The number of likely N-dealkylation sites (N-methyl/N-ethyl adjacent to an activating group) is 1. The summed E-state index contributed by atoms with van der Waals surface area (Å²) >= 11 is 0. The summed E-state index contributed by atoms with van der Waals surface area (Å²) < 4.78 is 0. The minimum atomic E-state index is -0.691. The van der Waals surface area contributed by atoms with Gasteiger partial charge >= 0.3 is 0 Å². The molecule has 1 N–H and O–H groups in total. The van der Waals surface area contributed by atoms with Crippen LogP contribution in [-0.2, 0) is 9.59 Å². The molecule has 1 heterocycles. The van der Waals surface area contributed by atoms with E-state index >= 15 is 0 Å². The van der Waals surface area contributed by atoms with E-state index in [-0.39, 0.29) is 11.4 Å². The topological polar surface area (TPSA) is 64.1 Å². The third kappa shape index (κ3) is 4.33. The molecule has 1 aromatic rings. The largest absolute Gasteiger partial charge is 0.503 e. The van der Waals surface area contributed by atoms with Gasteiger partial charge in [-0.3, -0.25) is 9.59 Å². The molecule has 6 nitrogen and oxygen atoms in total. The molecule has 0 fully saturated rings. The predicted octanol–water partition coefficient (Wildman–Crippen LogP) is 2.62. The number of aliphatic hydroxyl groups is 1. The van der Waals surface area contributed by atoms with E-state index in [1.165, 1.54) is 0 Å². The Labute approximate surface area is 162 Å². The zero-order valence-corrected chi connectivity index (χ0v) is 17.4. The number of hydrogen-bond donors (Lipinski definition) is 1. The summed E-state index contributed by atoms with van der Waals surface area (Å²) in [6, 6.07) is 7.19. The Kier molecular flexibility index (Phi) is 6.00. The van der Waals surface area contributed by atoms with Crippen molar-refractivity contribution in [2.24, 2.45) is 5.41 Å². The van der Waals surface area contributed by atoms with Crippen molar-refractivity contribution in [2.75, 3.05) is 46.2 Å². The maximum absolute atomic E-state index is 13.1. The van der Waals surface area contributed by atoms with Gasteiger partial charge < -0.3 is 19.8 Å². The van der Waals surface area contributed by atoms with Gasteiger partial charge in [0.05, 0.1) is 11.6 Å². The van der Waals surface area contributed by atoms with Gasteiger partial charge in [0.15, 0.2) is 11.5 Å². The molecular weight excluding hydrogens is 342 g/mol. The average Bonchev–Trinajstić information content (AvgIpc) is 2.82. The van der Waals surface area contributed by atoms with Gasteiger partial charge in [-0.15, -0.1) is 0 Å². The number of carbonyl (C=O) groups is 2. The number of Topliss-reactive ketones (excluding diaryl/α,β-unsaturated/α-hetero) is 1. The first kappa shape index (κ1) is 21.0. The fourth-order valence-corrected chi connectivity index (χ4v) is 3.13. The molecule has 2 rings (SSSR count). The number of amides is 1. The van der Waals surface area contributed by atoms with E-state index in [4.69, 9.17) is 0 Å². The molecule has 1 aliphatic heterocycles. The quantitative estimate of drug-likeness (QED) is 0.830. The number of rotatable bonds is 6. The molecule has 0 bridgehead atoms. The van der Waals surface area contributed by atoms with Crippen LogP contribution in [0.4, 0.5) is 5.69 Å². The van der Waals surface area contributed by atoms with E-state index < -0.39 is 23.1 Å². The van der Waals surface area contributed by atoms with Crippen molar-refractivity contribution < 1.29 is 14.7 Å². The Morgan fingerprint density at radius 3 is 2.11 bits per heavy atom. The van der Waals surface area contributed by atoms with E-state index in [9.17, 15) is 14.7 Å². The van der Waals surface area contributed by atoms with Crippen LogP contribution in [-0.4, -0.2) is 67.9 Å². The van der Waals surface area contributed by atoms with Crippen LogP contribution in [0.5, 0.6) is 0 Å². The third-order valence-corrected chi connectivity index (χ3v) is 4.74. The number of hydrogen-bond acceptors (Lipinski definition) is 5. The second-order valence-corrected chi connectivity index (χ2v) is 8.53. The molecule has 1 atom stereocenters. The lowest BCUT2D eigenvalue weighted by molar-refractivity contribution is -0.129. The van der Waals surface area contributed by atoms with Crippen LogP contribution >= 0.6 is 0 Å². The van der Waals surface area contributed by atoms with Gasteiger partial charge in [-0.05, 0) is 31.8 Å². The minimum absolute atomic E-state index is 0.198. The SMILES string of the molecule is CN(C)CCN1C(=O)C(O)=C(C(=O)C(C)(C)C)C1c1ccc(N(C)C)cc1. The maximum atomic E-state index is 13.1. The van der Waals surface area contributed by atoms with Crippen LogP contribution < -0.4 is 4.90 Å². The molecule has 6 heteroatoms. The third-order valence-electron chi connectivity index (χ3n) is 4.74. The van der Waals surface area contributed by atoms with Gasteiger partial charge in [0.1, 0.15) is 0 Å². The monoisotopic (exact) mass is 373 g/mol. The highest BCUT2D eigenvalue weighted by Crippen LogP contribution is 2.41. The molecule has 0 aliphatic carbocycles. The van der Waals surface area contributed by atoms with E-state index in [1.54, 1.807) is 25.7 Å². The first-order chi connectivity index (χ1) is 12.4. The first-order valence-electron chi connectivity index (χ1n) is 9.16. The number of carbonyl (C=O) groups excluding carboxylic acids is 2. The summed E-state index contributed by atoms with van der Waals surface area (Å²) in [6.45, 7) is 6.47. The summed E-state index contributed by atoms with van der Waals surface area (Å²) in [7, 11) is 7.77. The summed E-state index contributed by atoms with van der Waals surface area (Å²) in [4.78, 5) is 31.4. The number of nitrogens with zero attached hydrogens (tertiary/aromatic N) is 3. The lowest BCUT2D eigenvalue weighted by Gasteiger charge is -2.30. The molecule has 0 aromatic heterocycles. The highest BCUT2D eigenvalue weighted by molar-refractivity contribution is 6.10. The molecule has 0 spiro atoms. The Morgan fingerprint density at radius 2 is 1.67 bits per heavy atom. The van der Waals surface area contributed by atoms with E-state index in [0.717, 1.165) is 11.3 Å². The fourth-order valence-electron chi connectivity index (χ4n) is 3.13. The first-order valence-corrected chi connectivity index (χ1v) is 9.16. The van der Waals surface area contributed by atoms with Gasteiger partial charge in [0.2, 0.25) is 0 Å². The fraction of sp³-hybridized carbons (Fsp3) is 0.524. The maximum Gasteiger partial charge on any atom is 0.290 e. The average molecular weight is 373 g/mol. The van der Waals surface area contributed by atoms with Gasteiger partial charge in [0.25, 0.3) is 5.91 Å². The summed E-state index contributed by atoms with van der Waals surface area (Å²) in [5, 5.41) is 10.5. The number of ketones is 1. The summed E-state index contributed by atoms with van der Waals surface area (Å²) in [5.74, 6) is -1.11. The van der Waals surface area contributed by atoms with Gasteiger partial charge in [-0.1, -0.05) is 32.9 Å². The standard InChI is InChI=1S/C21H31N3O3/c1-21(2,3)19(26)16-17(14-8-10-15(11-9-14)23(6)7)24(13-12-22(4)5)20(27)18(16)25/h8-11,17,25H,12-13H2,1-7H3. The predicted molar refractivity (Wildman–Crippen MR) is 108 cm³/mol. The Balaban J connectivity index is 2.52. The molecule has 1 amide bonds. The normalized spacial score (nSPS) is 17.9. The van der Waals surface area contributed by atoms with Crippen molar-refractivity contribution in [1.82, 2.24) is 9.80 Å². The zero-order chi connectivity index (χ0) is 20.5. The highest BCUT2D eigenvalue weighted by atomic mass is 16.3.